The number of hydrogen-bond donors (Lipinski definition) is 2. The van der Waals surface area contributed by atoms with Gasteiger partial charge in [0.1, 0.15) is 0 Å². The molecule has 0 aromatic rings. The number of carbonyl (C=O) groups is 1. The van der Waals surface area contributed by atoms with Gasteiger partial charge in [-0.15, -0.1) is 0 Å². The summed E-state index contributed by atoms with van der Waals surface area (Å²) in [5.41, 5.74) is -0.973. The molecule has 0 amide bonds. The van der Waals surface area contributed by atoms with Crippen molar-refractivity contribution in [2.45, 2.75) is 71.3 Å². The molecule has 1 saturated carbocycles. The van der Waals surface area contributed by atoms with E-state index in [1.807, 2.05) is 6.92 Å². The average molecular weight is 256 g/mol. The summed E-state index contributed by atoms with van der Waals surface area (Å²) in [7, 11) is 0. The van der Waals surface area contributed by atoms with E-state index in [0.717, 1.165) is 25.7 Å². The molecule has 0 aliphatic heterocycles. The summed E-state index contributed by atoms with van der Waals surface area (Å²) < 4.78 is 0. The molecule has 1 aliphatic rings. The maximum absolute atomic E-state index is 11.4. The Morgan fingerprint density at radius 2 is 2.11 bits per heavy atom. The van der Waals surface area contributed by atoms with E-state index in [0.29, 0.717) is 31.1 Å². The fourth-order valence-corrected chi connectivity index (χ4v) is 3.50. The minimum Gasteiger partial charge on any atom is -0.481 e. The molecule has 1 aliphatic carbocycles. The van der Waals surface area contributed by atoms with Gasteiger partial charge in [-0.1, -0.05) is 40.0 Å². The summed E-state index contributed by atoms with van der Waals surface area (Å²) in [5.74, 6) is -0.309. The second-order valence-electron chi connectivity index (χ2n) is 6.38. The fraction of sp³-hybridized carbons (Fsp3) is 0.933. The molecule has 2 N–H and O–H groups in total. The van der Waals surface area contributed by atoms with E-state index < -0.39 is 17.5 Å². The lowest BCUT2D eigenvalue weighted by Crippen LogP contribution is -2.46. The van der Waals surface area contributed by atoms with Gasteiger partial charge in [-0.05, 0) is 37.5 Å². The molecular formula is C15H28O3. The predicted molar refractivity (Wildman–Crippen MR) is 72.4 cm³/mol. The van der Waals surface area contributed by atoms with Crippen LogP contribution in [-0.4, -0.2) is 21.8 Å². The van der Waals surface area contributed by atoms with Crippen LogP contribution < -0.4 is 0 Å². The zero-order chi connectivity index (χ0) is 13.8. The van der Waals surface area contributed by atoms with Crippen molar-refractivity contribution in [3.63, 3.8) is 0 Å². The van der Waals surface area contributed by atoms with Gasteiger partial charge in [-0.2, -0.15) is 0 Å². The number of carboxylic acids is 1. The Morgan fingerprint density at radius 1 is 1.44 bits per heavy atom. The van der Waals surface area contributed by atoms with Crippen LogP contribution in [0, 0.1) is 17.8 Å². The summed E-state index contributed by atoms with van der Waals surface area (Å²) in [6.07, 6.45) is 5.91. The largest absolute Gasteiger partial charge is 0.481 e. The number of hydrogen-bond acceptors (Lipinski definition) is 2. The van der Waals surface area contributed by atoms with E-state index in [4.69, 9.17) is 0 Å². The van der Waals surface area contributed by atoms with Crippen LogP contribution in [0.3, 0.4) is 0 Å². The van der Waals surface area contributed by atoms with Crippen molar-refractivity contribution in [3.8, 4) is 0 Å². The van der Waals surface area contributed by atoms with Gasteiger partial charge in [-0.3, -0.25) is 4.79 Å². The lowest BCUT2D eigenvalue weighted by Gasteiger charge is -2.41. The smallest absolute Gasteiger partial charge is 0.309 e. The fourth-order valence-electron chi connectivity index (χ4n) is 3.50. The van der Waals surface area contributed by atoms with Crippen molar-refractivity contribution < 1.29 is 15.0 Å². The minimum absolute atomic E-state index is 0.488. The summed E-state index contributed by atoms with van der Waals surface area (Å²) in [6.45, 7) is 6.36. The first-order valence-corrected chi connectivity index (χ1v) is 7.34. The van der Waals surface area contributed by atoms with E-state index in [-0.39, 0.29) is 0 Å². The number of rotatable bonds is 6. The summed E-state index contributed by atoms with van der Waals surface area (Å²) >= 11 is 0. The molecule has 3 unspecified atom stereocenters. The van der Waals surface area contributed by atoms with Gasteiger partial charge in [0.25, 0.3) is 0 Å². The summed E-state index contributed by atoms with van der Waals surface area (Å²) in [4.78, 5) is 11.4. The van der Waals surface area contributed by atoms with Crippen LogP contribution >= 0.6 is 0 Å². The SMILES string of the molecule is CCCC(C(=O)O)C1(O)CCCC(CC(C)C)C1. The van der Waals surface area contributed by atoms with Crippen molar-refractivity contribution in [2.75, 3.05) is 0 Å². The molecule has 1 fully saturated rings. The molecule has 0 aromatic carbocycles. The van der Waals surface area contributed by atoms with Crippen LogP contribution in [0.5, 0.6) is 0 Å². The molecule has 0 radical (unpaired) electrons. The van der Waals surface area contributed by atoms with Gasteiger partial charge >= 0.3 is 5.97 Å². The maximum Gasteiger partial charge on any atom is 0.309 e. The third-order valence-corrected chi connectivity index (χ3v) is 4.19. The van der Waals surface area contributed by atoms with Crippen molar-refractivity contribution in [1.82, 2.24) is 0 Å². The first kappa shape index (κ1) is 15.5. The van der Waals surface area contributed by atoms with Gasteiger partial charge < -0.3 is 10.2 Å². The standard InChI is InChI=1S/C15H28O3/c1-4-6-13(14(16)17)15(18)8-5-7-12(10-15)9-11(2)3/h11-13,18H,4-10H2,1-3H3,(H,16,17). The summed E-state index contributed by atoms with van der Waals surface area (Å²) in [5, 5.41) is 20.1. The maximum atomic E-state index is 11.4. The van der Waals surface area contributed by atoms with E-state index in [1.165, 1.54) is 0 Å². The van der Waals surface area contributed by atoms with Crippen LogP contribution in [0.25, 0.3) is 0 Å². The first-order valence-electron chi connectivity index (χ1n) is 7.34. The van der Waals surface area contributed by atoms with E-state index in [9.17, 15) is 15.0 Å². The molecule has 3 nitrogen and oxygen atoms in total. The number of aliphatic hydroxyl groups is 1. The molecule has 3 heteroatoms. The Kier molecular flexibility index (Phi) is 5.64. The average Bonchev–Trinajstić information content (AvgIpc) is 2.24. The van der Waals surface area contributed by atoms with Crippen LogP contribution in [0.2, 0.25) is 0 Å². The Morgan fingerprint density at radius 3 is 2.61 bits per heavy atom. The molecule has 1 rings (SSSR count). The third kappa shape index (κ3) is 3.98. The van der Waals surface area contributed by atoms with Crippen molar-refractivity contribution in [3.05, 3.63) is 0 Å². The monoisotopic (exact) mass is 256 g/mol. The number of aliphatic carboxylic acids is 1. The van der Waals surface area contributed by atoms with E-state index >= 15 is 0 Å². The summed E-state index contributed by atoms with van der Waals surface area (Å²) in [6, 6.07) is 0. The molecule has 0 spiro atoms. The molecule has 3 atom stereocenters. The lowest BCUT2D eigenvalue weighted by atomic mass is 9.68. The van der Waals surface area contributed by atoms with E-state index in [1.54, 1.807) is 0 Å². The van der Waals surface area contributed by atoms with Crippen LogP contribution in [0.4, 0.5) is 0 Å². The zero-order valence-corrected chi connectivity index (χ0v) is 12.0. The van der Waals surface area contributed by atoms with Crippen LogP contribution in [0.1, 0.15) is 65.7 Å². The Balaban J connectivity index is 2.73. The molecule has 18 heavy (non-hydrogen) atoms. The Labute approximate surface area is 111 Å². The highest BCUT2D eigenvalue weighted by Crippen LogP contribution is 2.41. The van der Waals surface area contributed by atoms with Crippen molar-refractivity contribution in [2.24, 2.45) is 17.8 Å². The second-order valence-corrected chi connectivity index (χ2v) is 6.38. The number of carboxylic acid groups (broad SMARTS) is 1. The Hall–Kier alpha value is -0.570. The second kappa shape index (κ2) is 6.55. The van der Waals surface area contributed by atoms with Gasteiger partial charge in [0, 0.05) is 0 Å². The predicted octanol–water partition coefficient (Wildman–Crippen LogP) is 3.45. The Bertz CT molecular complexity index is 275. The zero-order valence-electron chi connectivity index (χ0n) is 12.0. The van der Waals surface area contributed by atoms with Crippen LogP contribution in [-0.2, 0) is 4.79 Å². The molecule has 0 bridgehead atoms. The van der Waals surface area contributed by atoms with Gasteiger partial charge in [0.05, 0.1) is 11.5 Å². The topological polar surface area (TPSA) is 57.5 Å². The molecular weight excluding hydrogens is 228 g/mol. The highest BCUT2D eigenvalue weighted by atomic mass is 16.4. The molecule has 106 valence electrons. The first-order chi connectivity index (χ1) is 8.39. The van der Waals surface area contributed by atoms with Gasteiger partial charge in [0.2, 0.25) is 0 Å². The minimum atomic E-state index is -0.973. The third-order valence-electron chi connectivity index (χ3n) is 4.19. The van der Waals surface area contributed by atoms with Crippen molar-refractivity contribution in [1.29, 1.82) is 0 Å². The highest BCUT2D eigenvalue weighted by Gasteiger charge is 2.44. The van der Waals surface area contributed by atoms with E-state index in [2.05, 4.69) is 13.8 Å². The van der Waals surface area contributed by atoms with Gasteiger partial charge in [-0.25, -0.2) is 0 Å². The van der Waals surface area contributed by atoms with Crippen molar-refractivity contribution >= 4 is 5.97 Å². The normalized spacial score (nSPS) is 30.4. The van der Waals surface area contributed by atoms with Gasteiger partial charge in [0.15, 0.2) is 0 Å². The molecule has 0 heterocycles. The molecule has 0 saturated heterocycles. The van der Waals surface area contributed by atoms with Crippen LogP contribution in [0.15, 0.2) is 0 Å². The molecule has 0 aromatic heterocycles. The lowest BCUT2D eigenvalue weighted by molar-refractivity contribution is -0.157. The quantitative estimate of drug-likeness (QED) is 0.765. The highest BCUT2D eigenvalue weighted by molar-refractivity contribution is 5.71.